The van der Waals surface area contributed by atoms with Crippen molar-refractivity contribution in [3.63, 3.8) is 0 Å². The van der Waals surface area contributed by atoms with Gasteiger partial charge in [-0.3, -0.25) is 14.5 Å². The predicted molar refractivity (Wildman–Crippen MR) is 121 cm³/mol. The highest BCUT2D eigenvalue weighted by Gasteiger charge is 2.47. The van der Waals surface area contributed by atoms with E-state index >= 15 is 0 Å². The van der Waals surface area contributed by atoms with Crippen LogP contribution in [0.1, 0.15) is 34.5 Å². The van der Waals surface area contributed by atoms with Gasteiger partial charge in [0.1, 0.15) is 11.8 Å². The number of rotatable bonds is 4. The van der Waals surface area contributed by atoms with E-state index in [4.69, 9.17) is 11.6 Å². The second-order valence-electron chi connectivity index (χ2n) is 7.17. The van der Waals surface area contributed by atoms with Crippen molar-refractivity contribution in [2.24, 2.45) is 0 Å². The zero-order valence-electron chi connectivity index (χ0n) is 16.6. The SMILES string of the molecule is CCc1ccc(/C(O)=C2/C(=O)C(=O)N(c3ccc(Cl)cc3C)C2c2cccs2)cc1. The van der Waals surface area contributed by atoms with Gasteiger partial charge in [0.05, 0.1) is 5.57 Å². The van der Waals surface area contributed by atoms with Crippen molar-refractivity contribution in [2.75, 3.05) is 4.90 Å². The van der Waals surface area contributed by atoms with Gasteiger partial charge >= 0.3 is 0 Å². The maximum Gasteiger partial charge on any atom is 0.300 e. The standard InChI is InChI=1S/C24H20ClNO3S/c1-3-15-6-8-16(9-7-15)22(27)20-21(19-5-4-12-30-19)26(24(29)23(20)28)18-11-10-17(25)13-14(18)2/h4-13,21,27H,3H2,1-2H3/b22-20-. The van der Waals surface area contributed by atoms with Crippen LogP contribution in [-0.2, 0) is 16.0 Å². The summed E-state index contributed by atoms with van der Waals surface area (Å²) in [6.45, 7) is 3.89. The molecule has 1 atom stereocenters. The average Bonchev–Trinajstić information content (AvgIpc) is 3.35. The third-order valence-electron chi connectivity index (χ3n) is 5.31. The minimum absolute atomic E-state index is 0.0982. The molecule has 0 saturated carbocycles. The van der Waals surface area contributed by atoms with Crippen LogP contribution >= 0.6 is 22.9 Å². The van der Waals surface area contributed by atoms with Crippen LogP contribution in [0, 0.1) is 6.92 Å². The van der Waals surface area contributed by atoms with Gasteiger partial charge in [-0.05, 0) is 54.1 Å². The van der Waals surface area contributed by atoms with Gasteiger partial charge in [-0.2, -0.15) is 0 Å². The van der Waals surface area contributed by atoms with E-state index in [0.717, 1.165) is 22.4 Å². The summed E-state index contributed by atoms with van der Waals surface area (Å²) in [4.78, 5) is 28.4. The summed E-state index contributed by atoms with van der Waals surface area (Å²) in [6.07, 6.45) is 0.871. The number of anilines is 1. The molecule has 0 spiro atoms. The Hall–Kier alpha value is -2.89. The lowest BCUT2D eigenvalue weighted by molar-refractivity contribution is -0.132. The van der Waals surface area contributed by atoms with Crippen LogP contribution in [0.15, 0.2) is 65.6 Å². The van der Waals surface area contributed by atoms with Gasteiger partial charge in [-0.25, -0.2) is 0 Å². The molecule has 1 N–H and O–H groups in total. The molecule has 2 aromatic carbocycles. The van der Waals surface area contributed by atoms with Crippen molar-refractivity contribution in [2.45, 2.75) is 26.3 Å². The number of ketones is 1. The summed E-state index contributed by atoms with van der Waals surface area (Å²) in [7, 11) is 0. The van der Waals surface area contributed by atoms with Crippen LogP contribution < -0.4 is 4.90 Å². The Labute approximate surface area is 184 Å². The zero-order valence-corrected chi connectivity index (χ0v) is 18.1. The summed E-state index contributed by atoms with van der Waals surface area (Å²) >= 11 is 7.53. The van der Waals surface area contributed by atoms with E-state index in [0.29, 0.717) is 16.3 Å². The first-order valence-electron chi connectivity index (χ1n) is 9.62. The first-order chi connectivity index (χ1) is 14.4. The second kappa shape index (κ2) is 8.09. The molecule has 1 aromatic heterocycles. The largest absolute Gasteiger partial charge is 0.507 e. The van der Waals surface area contributed by atoms with Gasteiger partial charge in [0.2, 0.25) is 0 Å². The van der Waals surface area contributed by atoms with Crippen molar-refractivity contribution >= 4 is 46.1 Å². The molecule has 1 aliphatic rings. The third-order valence-corrected chi connectivity index (χ3v) is 6.47. The first-order valence-corrected chi connectivity index (χ1v) is 10.9. The maximum absolute atomic E-state index is 13.1. The van der Waals surface area contributed by atoms with Crippen LogP contribution in [0.5, 0.6) is 0 Å². The quantitative estimate of drug-likeness (QED) is 0.314. The van der Waals surface area contributed by atoms with E-state index in [-0.39, 0.29) is 11.3 Å². The molecule has 4 nitrogen and oxygen atoms in total. The van der Waals surface area contributed by atoms with Crippen molar-refractivity contribution in [1.82, 2.24) is 0 Å². The van der Waals surface area contributed by atoms with Crippen molar-refractivity contribution in [3.05, 3.63) is 92.1 Å². The van der Waals surface area contributed by atoms with Gasteiger partial charge in [-0.15, -0.1) is 11.3 Å². The summed E-state index contributed by atoms with van der Waals surface area (Å²) in [5, 5.41) is 13.5. The number of aliphatic hydroxyl groups excluding tert-OH is 1. The number of Topliss-reactive ketones (excluding diaryl/α,β-unsaturated/α-hetero) is 1. The smallest absolute Gasteiger partial charge is 0.300 e. The van der Waals surface area contributed by atoms with Crippen molar-refractivity contribution in [3.8, 4) is 0 Å². The molecule has 30 heavy (non-hydrogen) atoms. The zero-order chi connectivity index (χ0) is 21.4. The topological polar surface area (TPSA) is 57.6 Å². The van der Waals surface area contributed by atoms with E-state index in [1.54, 1.807) is 30.3 Å². The Morgan fingerprint density at radius 2 is 1.87 bits per heavy atom. The Kier molecular flexibility index (Phi) is 5.50. The lowest BCUT2D eigenvalue weighted by Gasteiger charge is -2.25. The number of carbonyl (C=O) groups excluding carboxylic acids is 2. The third kappa shape index (κ3) is 3.44. The molecule has 3 aromatic rings. The molecule has 1 saturated heterocycles. The van der Waals surface area contributed by atoms with E-state index in [9.17, 15) is 14.7 Å². The van der Waals surface area contributed by atoms with Crippen LogP contribution in [0.4, 0.5) is 5.69 Å². The maximum atomic E-state index is 13.1. The number of amides is 1. The highest BCUT2D eigenvalue weighted by molar-refractivity contribution is 7.10. The molecule has 1 fully saturated rings. The molecule has 152 valence electrons. The summed E-state index contributed by atoms with van der Waals surface area (Å²) < 4.78 is 0. The Morgan fingerprint density at radius 1 is 1.13 bits per heavy atom. The fourth-order valence-electron chi connectivity index (χ4n) is 3.74. The Balaban J connectivity index is 1.91. The molecule has 1 unspecified atom stereocenters. The number of hydrogen-bond acceptors (Lipinski definition) is 4. The number of halogens is 1. The molecule has 0 bridgehead atoms. The molecule has 1 amide bonds. The van der Waals surface area contributed by atoms with E-state index in [1.807, 2.05) is 43.5 Å². The van der Waals surface area contributed by atoms with Crippen LogP contribution in [0.2, 0.25) is 5.02 Å². The van der Waals surface area contributed by atoms with Crippen LogP contribution in [-0.4, -0.2) is 16.8 Å². The van der Waals surface area contributed by atoms with Gasteiger partial charge in [0.15, 0.2) is 0 Å². The lowest BCUT2D eigenvalue weighted by Crippen LogP contribution is -2.29. The van der Waals surface area contributed by atoms with Gasteiger partial charge in [0, 0.05) is 21.2 Å². The Bertz CT molecular complexity index is 1150. The van der Waals surface area contributed by atoms with Crippen LogP contribution in [0.25, 0.3) is 5.76 Å². The molecule has 6 heteroatoms. The number of hydrogen-bond donors (Lipinski definition) is 1. The van der Waals surface area contributed by atoms with Crippen molar-refractivity contribution < 1.29 is 14.7 Å². The number of benzene rings is 2. The monoisotopic (exact) mass is 437 g/mol. The van der Waals surface area contributed by atoms with Gasteiger partial charge in [-0.1, -0.05) is 48.9 Å². The highest BCUT2D eigenvalue weighted by Crippen LogP contribution is 2.44. The highest BCUT2D eigenvalue weighted by atomic mass is 35.5. The summed E-state index contributed by atoms with van der Waals surface area (Å²) in [5.74, 6) is -1.52. The van der Waals surface area contributed by atoms with Crippen molar-refractivity contribution in [1.29, 1.82) is 0 Å². The summed E-state index contributed by atoms with van der Waals surface area (Å²) in [6, 6.07) is 15.6. The average molecular weight is 438 g/mol. The predicted octanol–water partition coefficient (Wildman–Crippen LogP) is 5.90. The summed E-state index contributed by atoms with van der Waals surface area (Å²) in [5.41, 5.74) is 3.11. The fraction of sp³-hybridized carbons (Fsp3) is 0.167. The number of aryl methyl sites for hydroxylation is 2. The minimum atomic E-state index is -0.698. The van der Waals surface area contributed by atoms with Crippen LogP contribution in [0.3, 0.4) is 0 Å². The fourth-order valence-corrected chi connectivity index (χ4v) is 4.79. The molecule has 1 aliphatic heterocycles. The van der Waals surface area contributed by atoms with Gasteiger partial charge < -0.3 is 5.11 Å². The number of nitrogens with zero attached hydrogens (tertiary/aromatic N) is 1. The normalized spacial score (nSPS) is 18.2. The number of carbonyl (C=O) groups is 2. The molecular weight excluding hydrogens is 418 g/mol. The van der Waals surface area contributed by atoms with E-state index in [1.165, 1.54) is 16.2 Å². The molecular formula is C24H20ClNO3S. The molecule has 0 radical (unpaired) electrons. The minimum Gasteiger partial charge on any atom is -0.507 e. The van der Waals surface area contributed by atoms with E-state index in [2.05, 4.69) is 0 Å². The second-order valence-corrected chi connectivity index (χ2v) is 8.58. The lowest BCUT2D eigenvalue weighted by atomic mass is 9.98. The Morgan fingerprint density at radius 3 is 2.47 bits per heavy atom. The van der Waals surface area contributed by atoms with E-state index < -0.39 is 17.7 Å². The van der Waals surface area contributed by atoms with Gasteiger partial charge in [0.25, 0.3) is 11.7 Å². The molecule has 2 heterocycles. The molecule has 0 aliphatic carbocycles. The number of thiophene rings is 1. The molecule has 4 rings (SSSR count). The number of aliphatic hydroxyl groups is 1. The first kappa shape index (κ1) is 20.4.